The zero-order valence-electron chi connectivity index (χ0n) is 11.9. The summed E-state index contributed by atoms with van der Waals surface area (Å²) >= 11 is 11.5. The van der Waals surface area contributed by atoms with Crippen LogP contribution in [-0.2, 0) is 10.0 Å². The lowest BCUT2D eigenvalue weighted by atomic mass is 10.2. The molecule has 2 aromatic rings. The zero-order chi connectivity index (χ0) is 17.3. The number of sulfonamides is 1. The number of hydrogen-bond donors (Lipinski definition) is 2. The van der Waals surface area contributed by atoms with Gasteiger partial charge in [0, 0.05) is 5.56 Å². The van der Waals surface area contributed by atoms with Gasteiger partial charge in [0.25, 0.3) is 15.9 Å². The summed E-state index contributed by atoms with van der Waals surface area (Å²) in [6.07, 6.45) is 0. The average molecular weight is 389 g/mol. The maximum Gasteiger partial charge on any atom is 0.266 e. The summed E-state index contributed by atoms with van der Waals surface area (Å²) in [5, 5.41) is 0.307. The van der Waals surface area contributed by atoms with Gasteiger partial charge in [0.15, 0.2) is 11.5 Å². The van der Waals surface area contributed by atoms with Crippen molar-refractivity contribution in [3.05, 3.63) is 52.0 Å². The second kappa shape index (κ2) is 6.48. The molecule has 1 aliphatic heterocycles. The van der Waals surface area contributed by atoms with E-state index in [0.29, 0.717) is 11.5 Å². The van der Waals surface area contributed by atoms with Gasteiger partial charge in [-0.15, -0.1) is 4.83 Å². The highest BCUT2D eigenvalue weighted by Crippen LogP contribution is 2.32. The highest BCUT2D eigenvalue weighted by Gasteiger charge is 2.19. The molecule has 2 N–H and O–H groups in total. The molecular formula is C14H10Cl2N2O5S. The van der Waals surface area contributed by atoms with Gasteiger partial charge >= 0.3 is 0 Å². The van der Waals surface area contributed by atoms with Crippen LogP contribution in [0.15, 0.2) is 41.3 Å². The molecule has 0 radical (unpaired) electrons. The Kier molecular flexibility index (Phi) is 4.55. The van der Waals surface area contributed by atoms with Gasteiger partial charge in [0.05, 0.1) is 14.9 Å². The predicted molar refractivity (Wildman–Crippen MR) is 86.8 cm³/mol. The number of nitrogens with one attached hydrogen (secondary N) is 2. The molecule has 7 nitrogen and oxygen atoms in total. The Balaban J connectivity index is 1.72. The van der Waals surface area contributed by atoms with E-state index in [-0.39, 0.29) is 27.3 Å². The van der Waals surface area contributed by atoms with Crippen molar-refractivity contribution in [3.63, 3.8) is 0 Å². The Bertz CT molecular complexity index is 917. The third kappa shape index (κ3) is 3.41. The Labute approximate surface area is 147 Å². The maximum atomic E-state index is 12.1. The number of carbonyl (C=O) groups excluding carboxylic acids is 1. The Hall–Kier alpha value is -2.00. The van der Waals surface area contributed by atoms with Crippen molar-refractivity contribution in [1.82, 2.24) is 10.3 Å². The Morgan fingerprint density at radius 2 is 1.75 bits per heavy atom. The Morgan fingerprint density at radius 3 is 2.50 bits per heavy atom. The summed E-state index contributed by atoms with van der Waals surface area (Å²) in [7, 11) is -4.00. The zero-order valence-corrected chi connectivity index (χ0v) is 14.2. The number of amides is 1. The van der Waals surface area contributed by atoms with Crippen LogP contribution in [0, 0.1) is 0 Å². The quantitative estimate of drug-likeness (QED) is 0.783. The molecule has 0 fully saturated rings. The summed E-state index contributed by atoms with van der Waals surface area (Å²) in [5.74, 6) is 0.273. The van der Waals surface area contributed by atoms with Crippen LogP contribution in [0.4, 0.5) is 0 Å². The van der Waals surface area contributed by atoms with Gasteiger partial charge in [-0.2, -0.15) is 0 Å². The van der Waals surface area contributed by atoms with Crippen LogP contribution < -0.4 is 19.7 Å². The van der Waals surface area contributed by atoms with Crippen molar-refractivity contribution in [2.75, 3.05) is 6.79 Å². The molecule has 2 aromatic carbocycles. The first-order valence-corrected chi connectivity index (χ1v) is 8.77. The number of benzene rings is 2. The van der Waals surface area contributed by atoms with Crippen molar-refractivity contribution in [3.8, 4) is 11.5 Å². The van der Waals surface area contributed by atoms with Gasteiger partial charge in [-0.3, -0.25) is 10.2 Å². The SMILES string of the molecule is O=C(NNS(=O)(=O)c1ccc(Cl)c(Cl)c1)c1ccc2c(c1)OCO2. The molecule has 10 heteroatoms. The average Bonchev–Trinajstić information content (AvgIpc) is 3.02. The van der Waals surface area contributed by atoms with Crippen LogP contribution in [0.2, 0.25) is 10.0 Å². The Morgan fingerprint density at radius 1 is 1.00 bits per heavy atom. The minimum Gasteiger partial charge on any atom is -0.454 e. The fourth-order valence-corrected chi connectivity index (χ4v) is 3.15. The molecule has 0 atom stereocenters. The number of hydrazine groups is 1. The highest BCUT2D eigenvalue weighted by atomic mass is 35.5. The molecule has 0 unspecified atom stereocenters. The molecule has 126 valence electrons. The normalized spacial score (nSPS) is 12.9. The van der Waals surface area contributed by atoms with Gasteiger partial charge < -0.3 is 9.47 Å². The van der Waals surface area contributed by atoms with Gasteiger partial charge in [-0.05, 0) is 36.4 Å². The maximum absolute atomic E-state index is 12.1. The van der Waals surface area contributed by atoms with Gasteiger partial charge in [0.2, 0.25) is 6.79 Å². The summed E-state index contributed by atoms with van der Waals surface area (Å²) in [6, 6.07) is 8.28. The predicted octanol–water partition coefficient (Wildman–Crippen LogP) is 2.35. The summed E-state index contributed by atoms with van der Waals surface area (Å²) in [6.45, 7) is 0.0738. The summed E-state index contributed by atoms with van der Waals surface area (Å²) < 4.78 is 34.6. The first kappa shape index (κ1) is 16.8. The first-order chi connectivity index (χ1) is 11.4. The molecule has 0 saturated carbocycles. The molecule has 0 spiro atoms. The van der Waals surface area contributed by atoms with Crippen molar-refractivity contribution < 1.29 is 22.7 Å². The third-order valence-electron chi connectivity index (χ3n) is 3.14. The fourth-order valence-electron chi connectivity index (χ4n) is 1.93. The standard InChI is InChI=1S/C14H10Cl2N2O5S/c15-10-3-2-9(6-11(10)16)24(20,21)18-17-14(19)8-1-4-12-13(5-8)23-7-22-12/h1-6,18H,7H2,(H,17,19). The van der Waals surface area contributed by atoms with E-state index in [1.54, 1.807) is 6.07 Å². The van der Waals surface area contributed by atoms with E-state index < -0.39 is 15.9 Å². The lowest BCUT2D eigenvalue weighted by Crippen LogP contribution is -2.41. The first-order valence-electron chi connectivity index (χ1n) is 6.54. The number of hydrogen-bond acceptors (Lipinski definition) is 5. The summed E-state index contributed by atoms with van der Waals surface area (Å²) in [5.41, 5.74) is 2.32. The van der Waals surface area contributed by atoms with Gasteiger partial charge in [-0.25, -0.2) is 8.42 Å². The van der Waals surface area contributed by atoms with Crippen LogP contribution in [0.3, 0.4) is 0 Å². The number of fused-ring (bicyclic) bond motifs is 1. The van der Waals surface area contributed by atoms with Crippen LogP contribution in [0.1, 0.15) is 10.4 Å². The van der Waals surface area contributed by atoms with Gasteiger partial charge in [-0.1, -0.05) is 23.2 Å². The highest BCUT2D eigenvalue weighted by molar-refractivity contribution is 7.89. The topological polar surface area (TPSA) is 93.7 Å². The van der Waals surface area contributed by atoms with E-state index in [4.69, 9.17) is 32.7 Å². The minimum absolute atomic E-state index is 0.0738. The second-order valence-electron chi connectivity index (χ2n) is 4.70. The monoisotopic (exact) mass is 388 g/mol. The van der Waals surface area contributed by atoms with Crippen molar-refractivity contribution in [1.29, 1.82) is 0 Å². The van der Waals surface area contributed by atoms with E-state index in [1.807, 2.05) is 4.83 Å². The minimum atomic E-state index is -4.00. The van der Waals surface area contributed by atoms with Crippen LogP contribution in [-0.4, -0.2) is 21.1 Å². The molecule has 0 saturated heterocycles. The van der Waals surface area contributed by atoms with E-state index in [9.17, 15) is 13.2 Å². The smallest absolute Gasteiger partial charge is 0.266 e. The molecule has 0 bridgehead atoms. The lowest BCUT2D eigenvalue weighted by molar-refractivity contribution is 0.0944. The fraction of sp³-hybridized carbons (Fsp3) is 0.0714. The largest absolute Gasteiger partial charge is 0.454 e. The van der Waals surface area contributed by atoms with E-state index in [2.05, 4.69) is 5.43 Å². The van der Waals surface area contributed by atoms with Crippen molar-refractivity contribution in [2.24, 2.45) is 0 Å². The van der Waals surface area contributed by atoms with Crippen molar-refractivity contribution in [2.45, 2.75) is 4.90 Å². The summed E-state index contributed by atoms with van der Waals surface area (Å²) in [4.78, 5) is 13.9. The molecule has 3 rings (SSSR count). The number of ether oxygens (including phenoxy) is 2. The third-order valence-corrected chi connectivity index (χ3v) is 5.12. The lowest BCUT2D eigenvalue weighted by Gasteiger charge is -2.09. The van der Waals surface area contributed by atoms with Crippen LogP contribution >= 0.6 is 23.2 Å². The molecule has 1 heterocycles. The number of carbonyl (C=O) groups is 1. The van der Waals surface area contributed by atoms with Crippen LogP contribution in [0.5, 0.6) is 11.5 Å². The van der Waals surface area contributed by atoms with E-state index in [1.165, 1.54) is 30.3 Å². The second-order valence-corrected chi connectivity index (χ2v) is 7.20. The number of rotatable bonds is 4. The molecule has 24 heavy (non-hydrogen) atoms. The molecule has 0 aliphatic carbocycles. The molecule has 0 aromatic heterocycles. The van der Waals surface area contributed by atoms with E-state index >= 15 is 0 Å². The van der Waals surface area contributed by atoms with Crippen molar-refractivity contribution >= 4 is 39.1 Å². The van der Waals surface area contributed by atoms with Gasteiger partial charge in [0.1, 0.15) is 0 Å². The van der Waals surface area contributed by atoms with E-state index in [0.717, 1.165) is 0 Å². The molecular weight excluding hydrogens is 379 g/mol. The molecule has 1 aliphatic rings. The molecule has 1 amide bonds. The van der Waals surface area contributed by atoms with Crippen LogP contribution in [0.25, 0.3) is 0 Å². The number of halogens is 2.